The van der Waals surface area contributed by atoms with Crippen molar-refractivity contribution < 1.29 is 21.6 Å². The van der Waals surface area contributed by atoms with Gasteiger partial charge in [-0.2, -0.15) is 0 Å². The predicted molar refractivity (Wildman–Crippen MR) is 114 cm³/mol. The Bertz CT molecular complexity index is 1090. The first kappa shape index (κ1) is 22.9. The van der Waals surface area contributed by atoms with E-state index in [0.717, 1.165) is 26.0 Å². The number of sulfonamides is 2. The Labute approximate surface area is 172 Å². The van der Waals surface area contributed by atoms with Crippen molar-refractivity contribution in [2.45, 2.75) is 18.7 Å². The summed E-state index contributed by atoms with van der Waals surface area (Å²) in [4.78, 5) is 12.6. The lowest BCUT2D eigenvalue weighted by atomic mass is 10.1. The largest absolute Gasteiger partial charge is 0.324 e. The van der Waals surface area contributed by atoms with Crippen molar-refractivity contribution in [2.24, 2.45) is 0 Å². The molecule has 29 heavy (non-hydrogen) atoms. The molecule has 10 heteroatoms. The second-order valence-electron chi connectivity index (χ2n) is 6.87. The van der Waals surface area contributed by atoms with Gasteiger partial charge in [-0.1, -0.05) is 18.2 Å². The molecule has 0 aliphatic heterocycles. The summed E-state index contributed by atoms with van der Waals surface area (Å²) in [6.07, 6.45) is 0.990. The van der Waals surface area contributed by atoms with Gasteiger partial charge in [-0.25, -0.2) is 21.1 Å². The SMILES string of the molecule is Cc1cccc(C)c1NC(=O)CN(c1ccc(S(=O)(=O)N(C)C)cc1)S(C)(=O)=O. The molecule has 158 valence electrons. The topological polar surface area (TPSA) is 104 Å². The zero-order valence-electron chi connectivity index (χ0n) is 17.0. The maximum Gasteiger partial charge on any atom is 0.245 e. The van der Waals surface area contributed by atoms with Crippen LogP contribution in [0.4, 0.5) is 11.4 Å². The number of anilines is 2. The third-order valence-corrected chi connectivity index (χ3v) is 7.31. The Morgan fingerprint density at radius 2 is 1.45 bits per heavy atom. The van der Waals surface area contributed by atoms with Gasteiger partial charge in [-0.3, -0.25) is 9.10 Å². The van der Waals surface area contributed by atoms with Crippen molar-refractivity contribution in [3.05, 3.63) is 53.6 Å². The molecule has 0 radical (unpaired) electrons. The van der Waals surface area contributed by atoms with Gasteiger partial charge in [-0.05, 0) is 49.2 Å². The Kier molecular flexibility index (Phi) is 6.71. The van der Waals surface area contributed by atoms with Crippen LogP contribution in [0.2, 0.25) is 0 Å². The second kappa shape index (κ2) is 8.52. The van der Waals surface area contributed by atoms with Crippen molar-refractivity contribution in [1.29, 1.82) is 0 Å². The molecule has 0 atom stereocenters. The van der Waals surface area contributed by atoms with Crippen LogP contribution < -0.4 is 9.62 Å². The van der Waals surface area contributed by atoms with Gasteiger partial charge in [0.25, 0.3) is 0 Å². The van der Waals surface area contributed by atoms with Crippen molar-refractivity contribution in [1.82, 2.24) is 4.31 Å². The number of hydrogen-bond acceptors (Lipinski definition) is 5. The standard InChI is InChI=1S/C19H25N3O5S2/c1-14-7-6-8-15(2)19(14)20-18(23)13-22(28(5,24)25)16-9-11-17(12-10-16)29(26,27)21(3)4/h6-12H,13H2,1-5H3,(H,20,23). The maximum atomic E-state index is 12.5. The lowest BCUT2D eigenvalue weighted by Crippen LogP contribution is -2.37. The molecule has 0 spiro atoms. The van der Waals surface area contributed by atoms with E-state index in [1.807, 2.05) is 32.0 Å². The molecule has 0 saturated heterocycles. The van der Waals surface area contributed by atoms with Gasteiger partial charge in [-0.15, -0.1) is 0 Å². The van der Waals surface area contributed by atoms with E-state index in [1.54, 1.807) is 0 Å². The summed E-state index contributed by atoms with van der Waals surface area (Å²) in [5.74, 6) is -0.502. The van der Waals surface area contributed by atoms with Crippen LogP contribution in [0.15, 0.2) is 47.4 Å². The number of benzene rings is 2. The molecular weight excluding hydrogens is 414 g/mol. The third-order valence-electron chi connectivity index (χ3n) is 4.34. The molecule has 2 rings (SSSR count). The second-order valence-corrected chi connectivity index (χ2v) is 10.9. The lowest BCUT2D eigenvalue weighted by Gasteiger charge is -2.23. The Morgan fingerprint density at radius 1 is 0.931 bits per heavy atom. The van der Waals surface area contributed by atoms with Gasteiger partial charge in [0.15, 0.2) is 0 Å². The van der Waals surface area contributed by atoms with E-state index >= 15 is 0 Å². The minimum absolute atomic E-state index is 0.0275. The fourth-order valence-corrected chi connectivity index (χ4v) is 4.47. The van der Waals surface area contributed by atoms with Crippen LogP contribution >= 0.6 is 0 Å². The highest BCUT2D eigenvalue weighted by molar-refractivity contribution is 7.92. The summed E-state index contributed by atoms with van der Waals surface area (Å²) in [5, 5.41) is 2.75. The molecule has 2 aromatic rings. The highest BCUT2D eigenvalue weighted by Gasteiger charge is 2.23. The maximum absolute atomic E-state index is 12.5. The molecule has 1 N–H and O–H groups in total. The number of carbonyl (C=O) groups excluding carboxylic acids is 1. The number of hydrogen-bond donors (Lipinski definition) is 1. The fourth-order valence-electron chi connectivity index (χ4n) is 2.72. The highest BCUT2D eigenvalue weighted by Crippen LogP contribution is 2.23. The van der Waals surface area contributed by atoms with Crippen molar-refractivity contribution >= 4 is 37.3 Å². The number of para-hydroxylation sites is 1. The molecule has 0 heterocycles. The summed E-state index contributed by atoms with van der Waals surface area (Å²) in [5.41, 5.74) is 2.56. The highest BCUT2D eigenvalue weighted by atomic mass is 32.2. The minimum atomic E-state index is -3.78. The van der Waals surface area contributed by atoms with Gasteiger partial charge >= 0.3 is 0 Å². The van der Waals surface area contributed by atoms with Crippen LogP contribution in [0.3, 0.4) is 0 Å². The van der Waals surface area contributed by atoms with Gasteiger partial charge < -0.3 is 5.32 Å². The zero-order valence-corrected chi connectivity index (χ0v) is 18.6. The van der Waals surface area contributed by atoms with Crippen LogP contribution in [-0.2, 0) is 24.8 Å². The quantitative estimate of drug-likeness (QED) is 0.710. The molecule has 0 aliphatic rings. The smallest absolute Gasteiger partial charge is 0.245 e. The van der Waals surface area contributed by atoms with Crippen LogP contribution in [0, 0.1) is 13.8 Å². The first-order chi connectivity index (χ1) is 13.3. The summed E-state index contributed by atoms with van der Waals surface area (Å²) < 4.78 is 50.9. The fraction of sp³-hybridized carbons (Fsp3) is 0.316. The van der Waals surface area contributed by atoms with Gasteiger partial charge in [0.1, 0.15) is 6.54 Å². The molecule has 0 saturated carbocycles. The number of carbonyl (C=O) groups is 1. The average molecular weight is 440 g/mol. The van der Waals surface area contributed by atoms with Crippen molar-refractivity contribution in [3.8, 4) is 0 Å². The summed E-state index contributed by atoms with van der Waals surface area (Å²) in [6, 6.07) is 10.9. The molecule has 8 nitrogen and oxygen atoms in total. The van der Waals surface area contributed by atoms with E-state index in [2.05, 4.69) is 5.32 Å². The number of nitrogens with zero attached hydrogens (tertiary/aromatic N) is 2. The minimum Gasteiger partial charge on any atom is -0.324 e. The van der Waals surface area contributed by atoms with Crippen molar-refractivity contribution in [2.75, 3.05) is 36.5 Å². The molecule has 2 aromatic carbocycles. The molecule has 0 fully saturated rings. The normalized spacial score (nSPS) is 12.1. The molecule has 0 unspecified atom stereocenters. The van der Waals surface area contributed by atoms with Crippen LogP contribution in [0.1, 0.15) is 11.1 Å². The average Bonchev–Trinajstić information content (AvgIpc) is 2.62. The summed E-state index contributed by atoms with van der Waals surface area (Å²) >= 11 is 0. The molecule has 0 aromatic heterocycles. The van der Waals surface area contributed by atoms with E-state index in [9.17, 15) is 21.6 Å². The molecule has 1 amide bonds. The van der Waals surface area contributed by atoms with E-state index in [1.165, 1.54) is 38.4 Å². The summed E-state index contributed by atoms with van der Waals surface area (Å²) in [7, 11) is -4.61. The Morgan fingerprint density at radius 3 is 1.90 bits per heavy atom. The number of aryl methyl sites for hydroxylation is 2. The number of rotatable bonds is 7. The van der Waals surface area contributed by atoms with Gasteiger partial charge in [0.2, 0.25) is 26.0 Å². The van der Waals surface area contributed by atoms with E-state index in [-0.39, 0.29) is 10.6 Å². The number of amides is 1. The lowest BCUT2D eigenvalue weighted by molar-refractivity contribution is -0.114. The number of nitrogens with one attached hydrogen (secondary N) is 1. The molecule has 0 aliphatic carbocycles. The molecule has 0 bridgehead atoms. The molecular formula is C19H25N3O5S2. The Hall–Kier alpha value is -2.43. The van der Waals surface area contributed by atoms with E-state index < -0.39 is 32.5 Å². The predicted octanol–water partition coefficient (Wildman–Crippen LogP) is 1.96. The van der Waals surface area contributed by atoms with Gasteiger partial charge in [0, 0.05) is 19.8 Å². The third kappa shape index (κ3) is 5.34. The summed E-state index contributed by atoms with van der Waals surface area (Å²) in [6.45, 7) is 3.26. The van der Waals surface area contributed by atoms with Crippen LogP contribution in [0.5, 0.6) is 0 Å². The van der Waals surface area contributed by atoms with Crippen LogP contribution in [-0.4, -0.2) is 53.9 Å². The van der Waals surface area contributed by atoms with E-state index in [0.29, 0.717) is 5.69 Å². The van der Waals surface area contributed by atoms with E-state index in [4.69, 9.17) is 0 Å². The first-order valence-corrected chi connectivity index (χ1v) is 12.0. The first-order valence-electron chi connectivity index (χ1n) is 8.70. The monoisotopic (exact) mass is 439 g/mol. The zero-order chi connectivity index (χ0) is 22.0. The van der Waals surface area contributed by atoms with Crippen molar-refractivity contribution in [3.63, 3.8) is 0 Å². The Balaban J connectivity index is 2.30. The van der Waals surface area contributed by atoms with Gasteiger partial charge in [0.05, 0.1) is 16.8 Å². The van der Waals surface area contributed by atoms with Crippen LogP contribution in [0.25, 0.3) is 0 Å².